The number of ether oxygens (including phenoxy) is 3. The van der Waals surface area contributed by atoms with E-state index in [1.165, 1.54) is 0 Å². The van der Waals surface area contributed by atoms with E-state index in [1.54, 1.807) is 24.3 Å². The molecule has 3 rings (SSSR count). The highest BCUT2D eigenvalue weighted by Gasteiger charge is 2.15. The summed E-state index contributed by atoms with van der Waals surface area (Å²) >= 11 is 5.82. The van der Waals surface area contributed by atoms with Crippen LogP contribution in [0.5, 0.6) is 17.2 Å². The summed E-state index contributed by atoms with van der Waals surface area (Å²) in [5.74, 6) is 2.15. The number of benzene rings is 2. The number of halogens is 1. The molecule has 0 unspecified atom stereocenters. The van der Waals surface area contributed by atoms with Crippen molar-refractivity contribution in [2.24, 2.45) is 0 Å². The largest absolute Gasteiger partial charge is 0.492 e. The van der Waals surface area contributed by atoms with Gasteiger partial charge in [0.2, 0.25) is 0 Å². The fraction of sp³-hybridized carbons (Fsp3) is 0.316. The van der Waals surface area contributed by atoms with Gasteiger partial charge in [0.1, 0.15) is 25.6 Å². The maximum absolute atomic E-state index is 12.0. The minimum absolute atomic E-state index is 0.164. The van der Waals surface area contributed by atoms with Crippen molar-refractivity contribution < 1.29 is 19.0 Å². The fourth-order valence-electron chi connectivity index (χ4n) is 2.52. The van der Waals surface area contributed by atoms with Crippen LogP contribution in [0.2, 0.25) is 5.02 Å². The fourth-order valence-corrected chi connectivity index (χ4v) is 2.65. The number of hydrogen-bond acceptors (Lipinski definition) is 4. The number of carbonyl (C=O) groups excluding carboxylic acids is 1. The van der Waals surface area contributed by atoms with Crippen molar-refractivity contribution in [2.75, 3.05) is 26.4 Å². The molecule has 1 aliphatic rings. The van der Waals surface area contributed by atoms with E-state index in [4.69, 9.17) is 25.8 Å². The standard InChI is InChI=1S/C19H21ClN2O4/c1-13(14-2-7-17-18(12-14)26-11-10-25-17)22-19(23)21-8-9-24-16-5-3-15(20)4-6-16/h2-7,12-13H,8-11H2,1H3,(H2,21,22,23)/t13-/m0/s1. The van der Waals surface area contributed by atoms with Gasteiger partial charge in [-0.2, -0.15) is 0 Å². The van der Waals surface area contributed by atoms with Crippen LogP contribution in [-0.4, -0.2) is 32.4 Å². The molecule has 7 heteroatoms. The molecule has 1 aliphatic heterocycles. The van der Waals surface area contributed by atoms with Crippen molar-refractivity contribution in [1.82, 2.24) is 10.6 Å². The second kappa shape index (κ2) is 8.67. The van der Waals surface area contributed by atoms with Crippen molar-refractivity contribution in [2.45, 2.75) is 13.0 Å². The zero-order valence-electron chi connectivity index (χ0n) is 14.5. The Balaban J connectivity index is 1.42. The Morgan fingerprint density at radius 1 is 1.15 bits per heavy atom. The molecule has 0 spiro atoms. The molecule has 0 radical (unpaired) electrons. The molecule has 0 aliphatic carbocycles. The Bertz CT molecular complexity index is 752. The summed E-state index contributed by atoms with van der Waals surface area (Å²) in [6.45, 7) is 3.76. The molecule has 0 fully saturated rings. The normalized spacial score (nSPS) is 13.6. The van der Waals surface area contributed by atoms with E-state index in [0.717, 1.165) is 11.3 Å². The third-order valence-electron chi connectivity index (χ3n) is 3.88. The average molecular weight is 377 g/mol. The van der Waals surface area contributed by atoms with E-state index in [2.05, 4.69) is 10.6 Å². The van der Waals surface area contributed by atoms with Crippen LogP contribution in [0.4, 0.5) is 4.79 Å². The highest BCUT2D eigenvalue weighted by atomic mass is 35.5. The Hall–Kier alpha value is -2.60. The topological polar surface area (TPSA) is 68.8 Å². The van der Waals surface area contributed by atoms with Crippen LogP contribution in [0.25, 0.3) is 0 Å². The van der Waals surface area contributed by atoms with Gasteiger partial charge in [-0.1, -0.05) is 17.7 Å². The van der Waals surface area contributed by atoms with Crippen molar-refractivity contribution in [3.05, 3.63) is 53.1 Å². The molecule has 2 N–H and O–H groups in total. The molecule has 2 amide bonds. The maximum atomic E-state index is 12.0. The smallest absolute Gasteiger partial charge is 0.315 e. The molecule has 0 saturated carbocycles. The van der Waals surface area contributed by atoms with Gasteiger partial charge < -0.3 is 24.8 Å². The van der Waals surface area contributed by atoms with E-state index < -0.39 is 0 Å². The van der Waals surface area contributed by atoms with E-state index in [-0.39, 0.29) is 12.1 Å². The van der Waals surface area contributed by atoms with E-state index >= 15 is 0 Å². The summed E-state index contributed by atoms with van der Waals surface area (Å²) in [5, 5.41) is 6.32. The second-order valence-corrected chi connectivity index (χ2v) is 6.26. The van der Waals surface area contributed by atoms with Gasteiger partial charge in [-0.15, -0.1) is 0 Å². The molecular formula is C19H21ClN2O4. The average Bonchev–Trinajstić information content (AvgIpc) is 2.66. The van der Waals surface area contributed by atoms with E-state index in [0.29, 0.717) is 42.9 Å². The van der Waals surface area contributed by atoms with Gasteiger partial charge in [-0.3, -0.25) is 0 Å². The van der Waals surface area contributed by atoms with Crippen LogP contribution in [0, 0.1) is 0 Å². The first-order valence-corrected chi connectivity index (χ1v) is 8.82. The number of carbonyl (C=O) groups is 1. The molecule has 0 aromatic heterocycles. The predicted molar refractivity (Wildman–Crippen MR) is 99.3 cm³/mol. The van der Waals surface area contributed by atoms with Crippen molar-refractivity contribution in [3.8, 4) is 17.2 Å². The second-order valence-electron chi connectivity index (χ2n) is 5.83. The number of amides is 2. The lowest BCUT2D eigenvalue weighted by Crippen LogP contribution is -2.39. The third-order valence-corrected chi connectivity index (χ3v) is 4.14. The summed E-state index contributed by atoms with van der Waals surface area (Å²) in [7, 11) is 0. The lowest BCUT2D eigenvalue weighted by atomic mass is 10.1. The summed E-state index contributed by atoms with van der Waals surface area (Å²) < 4.78 is 16.6. The highest BCUT2D eigenvalue weighted by molar-refractivity contribution is 6.30. The van der Waals surface area contributed by atoms with Crippen LogP contribution in [-0.2, 0) is 0 Å². The molecule has 0 saturated heterocycles. The van der Waals surface area contributed by atoms with Crippen LogP contribution in [0.3, 0.4) is 0 Å². The molecule has 1 heterocycles. The molecule has 2 aromatic rings. The zero-order chi connectivity index (χ0) is 18.4. The van der Waals surface area contributed by atoms with Crippen LogP contribution in [0.1, 0.15) is 18.5 Å². The van der Waals surface area contributed by atoms with Crippen molar-refractivity contribution >= 4 is 17.6 Å². The molecule has 2 aromatic carbocycles. The number of fused-ring (bicyclic) bond motifs is 1. The summed E-state index contributed by atoms with van der Waals surface area (Å²) in [5.41, 5.74) is 0.946. The molecule has 6 nitrogen and oxygen atoms in total. The Morgan fingerprint density at radius 3 is 2.65 bits per heavy atom. The van der Waals surface area contributed by atoms with Crippen LogP contribution >= 0.6 is 11.6 Å². The summed E-state index contributed by atoms with van der Waals surface area (Å²) in [4.78, 5) is 12.0. The number of urea groups is 1. The van der Waals surface area contributed by atoms with Crippen molar-refractivity contribution in [3.63, 3.8) is 0 Å². The first kappa shape index (κ1) is 18.2. The third kappa shape index (κ3) is 4.95. The van der Waals surface area contributed by atoms with Gasteiger partial charge in [0, 0.05) is 5.02 Å². The van der Waals surface area contributed by atoms with E-state index in [9.17, 15) is 4.79 Å². The predicted octanol–water partition coefficient (Wildman–Crippen LogP) is 3.55. The number of hydrogen-bond donors (Lipinski definition) is 2. The van der Waals surface area contributed by atoms with Crippen LogP contribution in [0.15, 0.2) is 42.5 Å². The van der Waals surface area contributed by atoms with Gasteiger partial charge >= 0.3 is 6.03 Å². The maximum Gasteiger partial charge on any atom is 0.315 e. The minimum Gasteiger partial charge on any atom is -0.492 e. The SMILES string of the molecule is C[C@H](NC(=O)NCCOc1ccc(Cl)cc1)c1ccc2c(c1)OCCO2. The van der Waals surface area contributed by atoms with Gasteiger partial charge in [0.25, 0.3) is 0 Å². The molecule has 26 heavy (non-hydrogen) atoms. The van der Waals surface area contributed by atoms with E-state index in [1.807, 2.05) is 25.1 Å². The molecule has 138 valence electrons. The lowest BCUT2D eigenvalue weighted by molar-refractivity contribution is 0.171. The lowest BCUT2D eigenvalue weighted by Gasteiger charge is -2.21. The van der Waals surface area contributed by atoms with Gasteiger partial charge in [-0.05, 0) is 48.9 Å². The Kier molecular flexibility index (Phi) is 6.07. The first-order valence-electron chi connectivity index (χ1n) is 8.44. The first-order chi connectivity index (χ1) is 12.6. The van der Waals surface area contributed by atoms with Crippen LogP contribution < -0.4 is 24.8 Å². The Morgan fingerprint density at radius 2 is 1.88 bits per heavy atom. The number of rotatable bonds is 6. The minimum atomic E-state index is -0.257. The molecule has 0 bridgehead atoms. The highest BCUT2D eigenvalue weighted by Crippen LogP contribution is 2.32. The summed E-state index contributed by atoms with van der Waals surface area (Å²) in [6, 6.07) is 12.3. The quantitative estimate of drug-likeness (QED) is 0.756. The summed E-state index contributed by atoms with van der Waals surface area (Å²) in [6.07, 6.45) is 0. The molecular weight excluding hydrogens is 356 g/mol. The van der Waals surface area contributed by atoms with Crippen molar-refractivity contribution in [1.29, 1.82) is 0 Å². The Labute approximate surface area is 157 Å². The zero-order valence-corrected chi connectivity index (χ0v) is 15.2. The van der Waals surface area contributed by atoms with Gasteiger partial charge in [0.05, 0.1) is 12.6 Å². The number of nitrogens with one attached hydrogen (secondary N) is 2. The molecule has 1 atom stereocenters. The monoisotopic (exact) mass is 376 g/mol. The van der Waals surface area contributed by atoms with Gasteiger partial charge in [-0.25, -0.2) is 4.79 Å². The van der Waals surface area contributed by atoms with Gasteiger partial charge in [0.15, 0.2) is 11.5 Å².